The standard InChI is InChI=1S/C13H15BrN4/c1-8-4-5-11(9(2)6-8)17-12-10(14)7-16-13(15-3)18-12/h4-7H,1-3H3,(H2,15,16,17,18). The molecule has 0 aliphatic carbocycles. The highest BCUT2D eigenvalue weighted by atomic mass is 79.9. The molecule has 0 bridgehead atoms. The molecular formula is C13H15BrN4. The van der Waals surface area contributed by atoms with Crippen LogP contribution in [0.15, 0.2) is 28.9 Å². The summed E-state index contributed by atoms with van der Waals surface area (Å²) in [6.07, 6.45) is 1.73. The Balaban J connectivity index is 2.33. The molecule has 2 rings (SSSR count). The quantitative estimate of drug-likeness (QED) is 0.909. The van der Waals surface area contributed by atoms with E-state index < -0.39 is 0 Å². The summed E-state index contributed by atoms with van der Waals surface area (Å²) in [5.74, 6) is 1.34. The fraction of sp³-hybridized carbons (Fsp3) is 0.231. The van der Waals surface area contributed by atoms with E-state index in [0.29, 0.717) is 5.95 Å². The van der Waals surface area contributed by atoms with Crippen LogP contribution in [0.25, 0.3) is 0 Å². The summed E-state index contributed by atoms with van der Waals surface area (Å²) in [5.41, 5.74) is 3.48. The molecule has 0 radical (unpaired) electrons. The van der Waals surface area contributed by atoms with Gasteiger partial charge in [0, 0.05) is 18.9 Å². The van der Waals surface area contributed by atoms with Crippen LogP contribution in [0, 0.1) is 13.8 Å². The van der Waals surface area contributed by atoms with E-state index in [-0.39, 0.29) is 0 Å². The highest BCUT2D eigenvalue weighted by molar-refractivity contribution is 9.10. The van der Waals surface area contributed by atoms with Crippen LogP contribution in [0.1, 0.15) is 11.1 Å². The minimum atomic E-state index is 0.588. The molecule has 1 aromatic carbocycles. The van der Waals surface area contributed by atoms with Gasteiger partial charge in [0.05, 0.1) is 4.47 Å². The number of benzene rings is 1. The van der Waals surface area contributed by atoms with E-state index in [1.807, 2.05) is 0 Å². The Bertz CT molecular complexity index is 569. The minimum Gasteiger partial charge on any atom is -0.357 e. The lowest BCUT2D eigenvalue weighted by atomic mass is 10.1. The lowest BCUT2D eigenvalue weighted by Crippen LogP contribution is -2.02. The zero-order valence-electron chi connectivity index (χ0n) is 10.6. The van der Waals surface area contributed by atoms with E-state index in [4.69, 9.17) is 0 Å². The van der Waals surface area contributed by atoms with Crippen molar-refractivity contribution in [3.8, 4) is 0 Å². The first-order chi connectivity index (χ1) is 8.60. The van der Waals surface area contributed by atoms with E-state index in [1.54, 1.807) is 13.2 Å². The average molecular weight is 307 g/mol. The molecule has 18 heavy (non-hydrogen) atoms. The molecule has 0 fully saturated rings. The minimum absolute atomic E-state index is 0.588. The van der Waals surface area contributed by atoms with Crippen LogP contribution in [0.4, 0.5) is 17.5 Å². The van der Waals surface area contributed by atoms with Gasteiger partial charge in [-0.2, -0.15) is 4.98 Å². The third kappa shape index (κ3) is 2.79. The van der Waals surface area contributed by atoms with Crippen LogP contribution >= 0.6 is 15.9 Å². The van der Waals surface area contributed by atoms with Crippen LogP contribution in [0.2, 0.25) is 0 Å². The van der Waals surface area contributed by atoms with Gasteiger partial charge in [-0.25, -0.2) is 4.98 Å². The Hall–Kier alpha value is -1.62. The number of aromatic nitrogens is 2. The Morgan fingerprint density at radius 3 is 2.67 bits per heavy atom. The Morgan fingerprint density at radius 1 is 1.22 bits per heavy atom. The van der Waals surface area contributed by atoms with Crippen LogP contribution in [-0.4, -0.2) is 17.0 Å². The van der Waals surface area contributed by atoms with Gasteiger partial charge in [0.25, 0.3) is 0 Å². The first-order valence-corrected chi connectivity index (χ1v) is 6.44. The van der Waals surface area contributed by atoms with Crippen LogP contribution in [0.5, 0.6) is 0 Å². The number of anilines is 3. The van der Waals surface area contributed by atoms with Gasteiger partial charge in [-0.05, 0) is 41.4 Å². The molecule has 0 aliphatic rings. The summed E-state index contributed by atoms with van der Waals surface area (Å²) in [5, 5.41) is 6.23. The largest absolute Gasteiger partial charge is 0.357 e. The van der Waals surface area contributed by atoms with Gasteiger partial charge in [0.15, 0.2) is 0 Å². The smallest absolute Gasteiger partial charge is 0.224 e. The summed E-state index contributed by atoms with van der Waals surface area (Å²) in [6.45, 7) is 4.15. The molecule has 1 heterocycles. The third-order valence-electron chi connectivity index (χ3n) is 2.60. The van der Waals surface area contributed by atoms with Crippen molar-refractivity contribution in [1.29, 1.82) is 0 Å². The predicted octanol–water partition coefficient (Wildman–Crippen LogP) is 3.64. The fourth-order valence-corrected chi connectivity index (χ4v) is 1.95. The molecule has 0 saturated heterocycles. The Kier molecular flexibility index (Phi) is 3.81. The Labute approximate surface area is 115 Å². The van der Waals surface area contributed by atoms with Crippen molar-refractivity contribution in [2.45, 2.75) is 13.8 Å². The summed E-state index contributed by atoms with van der Waals surface area (Å²) in [4.78, 5) is 8.50. The summed E-state index contributed by atoms with van der Waals surface area (Å²) in [7, 11) is 1.80. The van der Waals surface area contributed by atoms with Crippen molar-refractivity contribution in [2.75, 3.05) is 17.7 Å². The molecule has 0 amide bonds. The van der Waals surface area contributed by atoms with Crippen molar-refractivity contribution in [3.63, 3.8) is 0 Å². The van der Waals surface area contributed by atoms with Crippen LogP contribution < -0.4 is 10.6 Å². The number of rotatable bonds is 3. The molecule has 94 valence electrons. The second kappa shape index (κ2) is 5.35. The molecule has 5 heteroatoms. The van der Waals surface area contributed by atoms with Crippen molar-refractivity contribution < 1.29 is 0 Å². The highest BCUT2D eigenvalue weighted by Crippen LogP contribution is 2.26. The molecule has 0 unspecified atom stereocenters. The molecule has 0 spiro atoms. The van der Waals surface area contributed by atoms with Crippen molar-refractivity contribution in [1.82, 2.24) is 9.97 Å². The number of nitrogens with zero attached hydrogens (tertiary/aromatic N) is 2. The van der Waals surface area contributed by atoms with Crippen molar-refractivity contribution >= 4 is 33.4 Å². The summed E-state index contributed by atoms with van der Waals surface area (Å²) >= 11 is 3.44. The maximum atomic E-state index is 4.37. The van der Waals surface area contributed by atoms with Gasteiger partial charge in [0.1, 0.15) is 5.82 Å². The lowest BCUT2D eigenvalue weighted by Gasteiger charge is -2.11. The van der Waals surface area contributed by atoms with Gasteiger partial charge < -0.3 is 10.6 Å². The fourth-order valence-electron chi connectivity index (χ4n) is 1.66. The molecule has 0 aliphatic heterocycles. The van der Waals surface area contributed by atoms with Crippen LogP contribution in [0.3, 0.4) is 0 Å². The SMILES string of the molecule is CNc1ncc(Br)c(Nc2ccc(C)cc2C)n1. The first kappa shape index (κ1) is 12.8. The molecule has 0 atom stereocenters. The third-order valence-corrected chi connectivity index (χ3v) is 3.18. The topological polar surface area (TPSA) is 49.8 Å². The summed E-state index contributed by atoms with van der Waals surface area (Å²) < 4.78 is 0.835. The van der Waals surface area contributed by atoms with Gasteiger partial charge in [0.2, 0.25) is 5.95 Å². The zero-order chi connectivity index (χ0) is 13.1. The van der Waals surface area contributed by atoms with Crippen LogP contribution in [-0.2, 0) is 0 Å². The van der Waals surface area contributed by atoms with Gasteiger partial charge >= 0.3 is 0 Å². The normalized spacial score (nSPS) is 10.2. The number of halogens is 1. The molecule has 2 aromatic rings. The van der Waals surface area contributed by atoms with E-state index >= 15 is 0 Å². The van der Waals surface area contributed by atoms with Crippen molar-refractivity contribution in [3.05, 3.63) is 40.0 Å². The van der Waals surface area contributed by atoms with E-state index in [9.17, 15) is 0 Å². The first-order valence-electron chi connectivity index (χ1n) is 5.64. The van der Waals surface area contributed by atoms with E-state index in [0.717, 1.165) is 16.0 Å². The molecule has 0 saturated carbocycles. The molecule has 2 N–H and O–H groups in total. The Morgan fingerprint density at radius 2 is 2.00 bits per heavy atom. The van der Waals surface area contributed by atoms with E-state index in [2.05, 4.69) is 68.6 Å². The van der Waals surface area contributed by atoms with Gasteiger partial charge in [-0.15, -0.1) is 0 Å². The number of hydrogen-bond donors (Lipinski definition) is 2. The summed E-state index contributed by atoms with van der Waals surface area (Å²) in [6, 6.07) is 6.26. The monoisotopic (exact) mass is 306 g/mol. The van der Waals surface area contributed by atoms with Crippen molar-refractivity contribution in [2.24, 2.45) is 0 Å². The van der Waals surface area contributed by atoms with Gasteiger partial charge in [-0.3, -0.25) is 0 Å². The maximum absolute atomic E-state index is 4.37. The van der Waals surface area contributed by atoms with Gasteiger partial charge in [-0.1, -0.05) is 17.7 Å². The average Bonchev–Trinajstić information content (AvgIpc) is 2.35. The molecule has 1 aromatic heterocycles. The number of aryl methyl sites for hydroxylation is 2. The zero-order valence-corrected chi connectivity index (χ0v) is 12.2. The predicted molar refractivity (Wildman–Crippen MR) is 78.5 cm³/mol. The molecular weight excluding hydrogens is 292 g/mol. The number of nitrogens with one attached hydrogen (secondary N) is 2. The van der Waals surface area contributed by atoms with E-state index in [1.165, 1.54) is 11.1 Å². The second-order valence-corrected chi connectivity index (χ2v) is 4.94. The highest BCUT2D eigenvalue weighted by Gasteiger charge is 2.06. The lowest BCUT2D eigenvalue weighted by molar-refractivity contribution is 1.14. The number of hydrogen-bond acceptors (Lipinski definition) is 4. The second-order valence-electron chi connectivity index (χ2n) is 4.08. The maximum Gasteiger partial charge on any atom is 0.224 e. The molecule has 4 nitrogen and oxygen atoms in total.